The van der Waals surface area contributed by atoms with Crippen LogP contribution in [0, 0.1) is 17.3 Å². The van der Waals surface area contributed by atoms with E-state index in [1.807, 2.05) is 30.3 Å². The number of nitrogens with zero attached hydrogens (tertiary/aromatic N) is 1. The average Bonchev–Trinajstić information content (AvgIpc) is 3.05. The lowest BCUT2D eigenvalue weighted by atomic mass is 9.90. The van der Waals surface area contributed by atoms with Crippen LogP contribution < -0.4 is 5.43 Å². The summed E-state index contributed by atoms with van der Waals surface area (Å²) in [7, 11) is 0. The second-order valence-corrected chi connectivity index (χ2v) is 5.98. The van der Waals surface area contributed by atoms with Crippen molar-refractivity contribution >= 4 is 12.1 Å². The number of amides is 1. The molecule has 2 fully saturated rings. The van der Waals surface area contributed by atoms with Gasteiger partial charge in [0.1, 0.15) is 0 Å². The molecule has 0 saturated heterocycles. The lowest BCUT2D eigenvalue weighted by Crippen LogP contribution is -2.22. The van der Waals surface area contributed by atoms with Gasteiger partial charge in [-0.3, -0.25) is 4.79 Å². The van der Waals surface area contributed by atoms with E-state index in [1.54, 1.807) is 6.21 Å². The van der Waals surface area contributed by atoms with Crippen molar-refractivity contribution in [3.63, 3.8) is 0 Å². The number of carbonyl (C=O) groups is 1. The molecule has 2 aliphatic rings. The molecule has 0 unspecified atom stereocenters. The van der Waals surface area contributed by atoms with Gasteiger partial charge in [-0.1, -0.05) is 50.1 Å². The molecule has 0 spiro atoms. The van der Waals surface area contributed by atoms with Gasteiger partial charge < -0.3 is 0 Å². The third-order valence-electron chi connectivity index (χ3n) is 4.80. The Morgan fingerprint density at radius 1 is 1.37 bits per heavy atom. The van der Waals surface area contributed by atoms with Crippen molar-refractivity contribution in [2.45, 2.75) is 32.6 Å². The normalized spacial score (nSPS) is 32.9. The van der Waals surface area contributed by atoms with Crippen molar-refractivity contribution < 1.29 is 4.79 Å². The van der Waals surface area contributed by atoms with E-state index in [0.717, 1.165) is 5.56 Å². The Labute approximate surface area is 114 Å². The molecule has 0 bridgehead atoms. The zero-order valence-corrected chi connectivity index (χ0v) is 11.3. The first-order chi connectivity index (χ1) is 9.22. The van der Waals surface area contributed by atoms with Crippen LogP contribution in [0.2, 0.25) is 0 Å². The molecule has 0 radical (unpaired) electrons. The van der Waals surface area contributed by atoms with Crippen LogP contribution in [0.5, 0.6) is 0 Å². The van der Waals surface area contributed by atoms with E-state index in [9.17, 15) is 4.79 Å². The monoisotopic (exact) mass is 256 g/mol. The first kappa shape index (κ1) is 12.4. The van der Waals surface area contributed by atoms with E-state index >= 15 is 0 Å². The van der Waals surface area contributed by atoms with Crippen LogP contribution in [0.15, 0.2) is 35.4 Å². The predicted octanol–water partition coefficient (Wildman–Crippen LogP) is 2.96. The Bertz CT molecular complexity index is 497. The van der Waals surface area contributed by atoms with Crippen molar-refractivity contribution in [1.82, 2.24) is 5.43 Å². The molecule has 2 aliphatic carbocycles. The second-order valence-electron chi connectivity index (χ2n) is 5.98. The van der Waals surface area contributed by atoms with Gasteiger partial charge in [0, 0.05) is 5.92 Å². The van der Waals surface area contributed by atoms with Crippen LogP contribution in [0.4, 0.5) is 0 Å². The minimum atomic E-state index is 0.0987. The number of nitrogens with one attached hydrogen (secondary N) is 1. The Kier molecular flexibility index (Phi) is 3.13. The summed E-state index contributed by atoms with van der Waals surface area (Å²) >= 11 is 0. The first-order valence-electron chi connectivity index (χ1n) is 7.10. The summed E-state index contributed by atoms with van der Waals surface area (Å²) in [6, 6.07) is 9.81. The van der Waals surface area contributed by atoms with Gasteiger partial charge in [0.25, 0.3) is 0 Å². The maximum atomic E-state index is 12.1. The number of hydrogen-bond acceptors (Lipinski definition) is 2. The highest BCUT2D eigenvalue weighted by molar-refractivity contribution is 5.85. The molecule has 3 atom stereocenters. The van der Waals surface area contributed by atoms with E-state index in [-0.39, 0.29) is 17.2 Å². The summed E-state index contributed by atoms with van der Waals surface area (Å²) in [5, 5.41) is 4.07. The van der Waals surface area contributed by atoms with Crippen molar-refractivity contribution in [2.75, 3.05) is 0 Å². The summed E-state index contributed by atoms with van der Waals surface area (Å²) in [5.41, 5.74) is 3.96. The SMILES string of the molecule is C[C@]12CCCC[C@H]1[C@@H]2C(=O)N/N=C\c1ccccc1. The minimum Gasteiger partial charge on any atom is -0.273 e. The fraction of sp³-hybridized carbons (Fsp3) is 0.500. The fourth-order valence-corrected chi connectivity index (χ4v) is 3.63. The van der Waals surface area contributed by atoms with Crippen molar-refractivity contribution in [2.24, 2.45) is 22.4 Å². The van der Waals surface area contributed by atoms with Crippen LogP contribution in [0.25, 0.3) is 0 Å². The van der Waals surface area contributed by atoms with Crippen LogP contribution in [-0.4, -0.2) is 12.1 Å². The molecular formula is C16H20N2O. The number of hydrogen-bond donors (Lipinski definition) is 1. The van der Waals surface area contributed by atoms with Gasteiger partial charge in [-0.05, 0) is 29.7 Å². The first-order valence-corrected chi connectivity index (χ1v) is 7.10. The molecule has 100 valence electrons. The molecule has 2 saturated carbocycles. The molecule has 3 nitrogen and oxygen atoms in total. The fourth-order valence-electron chi connectivity index (χ4n) is 3.63. The van der Waals surface area contributed by atoms with E-state index < -0.39 is 0 Å². The lowest BCUT2D eigenvalue weighted by Gasteiger charge is -2.15. The third-order valence-corrected chi connectivity index (χ3v) is 4.80. The van der Waals surface area contributed by atoms with Crippen molar-refractivity contribution in [3.05, 3.63) is 35.9 Å². The van der Waals surface area contributed by atoms with Crippen LogP contribution in [0.3, 0.4) is 0 Å². The largest absolute Gasteiger partial charge is 0.273 e. The van der Waals surface area contributed by atoms with E-state index in [2.05, 4.69) is 17.5 Å². The topological polar surface area (TPSA) is 41.5 Å². The van der Waals surface area contributed by atoms with Gasteiger partial charge >= 0.3 is 0 Å². The highest BCUT2D eigenvalue weighted by atomic mass is 16.2. The molecule has 0 aliphatic heterocycles. The van der Waals surface area contributed by atoms with Gasteiger partial charge in [0.15, 0.2) is 0 Å². The van der Waals surface area contributed by atoms with Gasteiger partial charge in [-0.25, -0.2) is 5.43 Å². The van der Waals surface area contributed by atoms with Gasteiger partial charge in [-0.15, -0.1) is 0 Å². The Hall–Kier alpha value is -1.64. The predicted molar refractivity (Wildman–Crippen MR) is 75.7 cm³/mol. The zero-order valence-electron chi connectivity index (χ0n) is 11.3. The van der Waals surface area contributed by atoms with Crippen molar-refractivity contribution in [3.8, 4) is 0 Å². The van der Waals surface area contributed by atoms with Crippen LogP contribution in [-0.2, 0) is 4.79 Å². The quantitative estimate of drug-likeness (QED) is 0.655. The second kappa shape index (κ2) is 4.80. The highest BCUT2D eigenvalue weighted by Crippen LogP contribution is 2.66. The molecule has 3 rings (SSSR count). The van der Waals surface area contributed by atoms with Gasteiger partial charge in [-0.2, -0.15) is 5.10 Å². The summed E-state index contributed by atoms with van der Waals surface area (Å²) in [4.78, 5) is 12.1. The summed E-state index contributed by atoms with van der Waals surface area (Å²) in [6.45, 7) is 2.25. The molecule has 1 aromatic rings. The third kappa shape index (κ3) is 2.29. The molecular weight excluding hydrogens is 236 g/mol. The van der Waals surface area contributed by atoms with Crippen molar-refractivity contribution in [1.29, 1.82) is 0 Å². The molecule has 1 N–H and O–H groups in total. The number of rotatable bonds is 3. The van der Waals surface area contributed by atoms with Crippen LogP contribution in [0.1, 0.15) is 38.2 Å². The lowest BCUT2D eigenvalue weighted by molar-refractivity contribution is -0.123. The number of carbonyl (C=O) groups excluding carboxylic acids is 1. The highest BCUT2D eigenvalue weighted by Gasteiger charge is 2.64. The van der Waals surface area contributed by atoms with Gasteiger partial charge in [0.05, 0.1) is 6.21 Å². The number of benzene rings is 1. The molecule has 0 aromatic heterocycles. The molecule has 3 heteroatoms. The molecule has 1 amide bonds. The van der Waals surface area contributed by atoms with Crippen LogP contribution >= 0.6 is 0 Å². The Morgan fingerprint density at radius 3 is 2.84 bits per heavy atom. The Morgan fingerprint density at radius 2 is 2.16 bits per heavy atom. The van der Waals surface area contributed by atoms with E-state index in [1.165, 1.54) is 25.7 Å². The van der Waals surface area contributed by atoms with Gasteiger partial charge in [0.2, 0.25) is 5.91 Å². The maximum absolute atomic E-state index is 12.1. The summed E-state index contributed by atoms with van der Waals surface area (Å²) < 4.78 is 0. The smallest absolute Gasteiger partial charge is 0.244 e. The molecule has 1 aromatic carbocycles. The Balaban J connectivity index is 1.57. The standard InChI is InChI=1S/C16H20N2O/c1-16-10-6-5-9-13(16)14(16)15(19)18-17-11-12-7-3-2-4-8-12/h2-4,7-8,11,13-14H,5-6,9-10H2,1H3,(H,18,19)/b17-11-/t13-,14+,16-/m0/s1. The average molecular weight is 256 g/mol. The van der Waals surface area contributed by atoms with E-state index in [0.29, 0.717) is 5.92 Å². The summed E-state index contributed by atoms with van der Waals surface area (Å²) in [6.07, 6.45) is 6.64. The zero-order chi connectivity index (χ0) is 13.3. The minimum absolute atomic E-state index is 0.0987. The van der Waals surface area contributed by atoms with E-state index in [4.69, 9.17) is 0 Å². The maximum Gasteiger partial charge on any atom is 0.244 e. The number of hydrazone groups is 1. The molecule has 19 heavy (non-hydrogen) atoms. The number of fused-ring (bicyclic) bond motifs is 1. The summed E-state index contributed by atoms with van der Waals surface area (Å²) in [5.74, 6) is 0.873. The molecule has 0 heterocycles.